The van der Waals surface area contributed by atoms with Crippen LogP contribution in [0.2, 0.25) is 0 Å². The van der Waals surface area contributed by atoms with Gasteiger partial charge in [0.2, 0.25) is 5.69 Å². The number of nitriles is 1. The van der Waals surface area contributed by atoms with Crippen molar-refractivity contribution in [2.45, 2.75) is 13.0 Å². The van der Waals surface area contributed by atoms with E-state index in [0.29, 0.717) is 5.82 Å². The van der Waals surface area contributed by atoms with Crippen molar-refractivity contribution in [1.82, 2.24) is 4.98 Å². The number of aromatic nitrogens is 1. The van der Waals surface area contributed by atoms with Crippen LogP contribution in [0.25, 0.3) is 0 Å². The molecule has 0 aliphatic carbocycles. The van der Waals surface area contributed by atoms with Gasteiger partial charge in [0.05, 0.1) is 11.5 Å². The zero-order valence-corrected chi connectivity index (χ0v) is 8.54. The zero-order valence-electron chi connectivity index (χ0n) is 8.54. The molecule has 1 aromatic rings. The van der Waals surface area contributed by atoms with Gasteiger partial charge in [-0.3, -0.25) is 10.1 Å². The quantitative estimate of drug-likeness (QED) is 0.571. The van der Waals surface area contributed by atoms with E-state index in [4.69, 9.17) is 10.4 Å². The van der Waals surface area contributed by atoms with E-state index < -0.39 is 4.92 Å². The average Bonchev–Trinajstić information content (AvgIpc) is 2.28. The van der Waals surface area contributed by atoms with E-state index in [-0.39, 0.29) is 24.0 Å². The molecule has 1 rings (SSSR count). The lowest BCUT2D eigenvalue weighted by Gasteiger charge is -2.10. The van der Waals surface area contributed by atoms with Gasteiger partial charge < -0.3 is 10.4 Å². The second-order valence-electron chi connectivity index (χ2n) is 3.16. The van der Waals surface area contributed by atoms with Crippen LogP contribution in [-0.2, 0) is 0 Å². The third-order valence-corrected chi connectivity index (χ3v) is 1.84. The standard InChI is InChI=1S/C9H10N4O3/c1-6(5-14)11-9-3-2-8(13(15)16)7(4-10)12-9/h2-3,6,14H,5H2,1H3,(H,11,12). The lowest BCUT2D eigenvalue weighted by molar-refractivity contribution is -0.385. The highest BCUT2D eigenvalue weighted by molar-refractivity contribution is 5.50. The molecule has 0 aliphatic rings. The molecule has 0 aliphatic heterocycles. The van der Waals surface area contributed by atoms with E-state index >= 15 is 0 Å². The molecule has 0 fully saturated rings. The molecule has 0 bridgehead atoms. The smallest absolute Gasteiger partial charge is 0.305 e. The number of nitrogens with zero attached hydrogens (tertiary/aromatic N) is 3. The number of hydrogen-bond donors (Lipinski definition) is 2. The van der Waals surface area contributed by atoms with Gasteiger partial charge in [-0.05, 0) is 13.0 Å². The Morgan fingerprint density at radius 2 is 2.44 bits per heavy atom. The molecule has 16 heavy (non-hydrogen) atoms. The van der Waals surface area contributed by atoms with Crippen LogP contribution in [0.1, 0.15) is 12.6 Å². The van der Waals surface area contributed by atoms with Crippen molar-refractivity contribution < 1.29 is 10.0 Å². The first-order chi connectivity index (χ1) is 7.58. The first kappa shape index (κ1) is 11.9. The molecule has 1 aromatic heterocycles. The van der Waals surface area contributed by atoms with E-state index in [1.165, 1.54) is 12.1 Å². The molecule has 7 nitrogen and oxygen atoms in total. The number of pyridine rings is 1. The highest BCUT2D eigenvalue weighted by Gasteiger charge is 2.15. The van der Waals surface area contributed by atoms with Gasteiger partial charge >= 0.3 is 5.69 Å². The van der Waals surface area contributed by atoms with E-state index in [1.54, 1.807) is 13.0 Å². The third kappa shape index (κ3) is 2.65. The summed E-state index contributed by atoms with van der Waals surface area (Å²) in [7, 11) is 0. The maximum atomic E-state index is 10.5. The van der Waals surface area contributed by atoms with E-state index in [1.807, 2.05) is 0 Å². The van der Waals surface area contributed by atoms with Crippen LogP contribution in [0.5, 0.6) is 0 Å². The first-order valence-corrected chi connectivity index (χ1v) is 4.51. The normalized spacial score (nSPS) is 11.6. The number of nitrogens with one attached hydrogen (secondary N) is 1. The highest BCUT2D eigenvalue weighted by Crippen LogP contribution is 2.18. The highest BCUT2D eigenvalue weighted by atomic mass is 16.6. The Morgan fingerprint density at radius 1 is 1.75 bits per heavy atom. The van der Waals surface area contributed by atoms with Crippen LogP contribution in [0, 0.1) is 21.4 Å². The van der Waals surface area contributed by atoms with Crippen LogP contribution in [0.4, 0.5) is 11.5 Å². The summed E-state index contributed by atoms with van der Waals surface area (Å²) < 4.78 is 0. The van der Waals surface area contributed by atoms with Crippen LogP contribution >= 0.6 is 0 Å². The average molecular weight is 222 g/mol. The molecule has 1 unspecified atom stereocenters. The molecule has 0 aromatic carbocycles. The molecule has 0 radical (unpaired) electrons. The minimum atomic E-state index is -0.662. The molecule has 0 amide bonds. The van der Waals surface area contributed by atoms with Gasteiger partial charge in [0.15, 0.2) is 0 Å². The van der Waals surface area contributed by atoms with Crippen molar-refractivity contribution in [3.63, 3.8) is 0 Å². The molecule has 84 valence electrons. The van der Waals surface area contributed by atoms with Gasteiger partial charge in [-0.25, -0.2) is 4.98 Å². The Morgan fingerprint density at radius 3 is 2.94 bits per heavy atom. The Labute approximate surface area is 91.5 Å². The molecular weight excluding hydrogens is 212 g/mol. The molecule has 2 N–H and O–H groups in total. The van der Waals surface area contributed by atoms with Gasteiger partial charge in [-0.2, -0.15) is 5.26 Å². The second-order valence-corrected chi connectivity index (χ2v) is 3.16. The summed E-state index contributed by atoms with van der Waals surface area (Å²) >= 11 is 0. The minimum absolute atomic E-state index is 0.0967. The van der Waals surface area contributed by atoms with Crippen molar-refractivity contribution in [2.24, 2.45) is 0 Å². The lowest BCUT2D eigenvalue weighted by atomic mass is 10.3. The summed E-state index contributed by atoms with van der Waals surface area (Å²) in [6, 6.07) is 4.02. The van der Waals surface area contributed by atoms with Gasteiger partial charge in [0.1, 0.15) is 11.9 Å². The molecule has 7 heteroatoms. The summed E-state index contributed by atoms with van der Waals surface area (Å²) in [4.78, 5) is 13.6. The van der Waals surface area contributed by atoms with Gasteiger partial charge in [0, 0.05) is 12.1 Å². The van der Waals surface area contributed by atoms with Gasteiger partial charge in [-0.1, -0.05) is 0 Å². The largest absolute Gasteiger partial charge is 0.394 e. The van der Waals surface area contributed by atoms with Crippen molar-refractivity contribution >= 4 is 11.5 Å². The summed E-state index contributed by atoms with van der Waals surface area (Å²) in [5.74, 6) is 0.323. The van der Waals surface area contributed by atoms with Crippen LogP contribution in [0.15, 0.2) is 12.1 Å². The molecule has 0 saturated carbocycles. The van der Waals surface area contributed by atoms with Gasteiger partial charge in [0.25, 0.3) is 0 Å². The number of anilines is 1. The summed E-state index contributed by atoms with van der Waals surface area (Å²) in [6.45, 7) is 1.62. The van der Waals surface area contributed by atoms with Crippen LogP contribution in [-0.4, -0.2) is 27.7 Å². The van der Waals surface area contributed by atoms with E-state index in [9.17, 15) is 10.1 Å². The zero-order chi connectivity index (χ0) is 12.1. The Hall–Kier alpha value is -2.20. The Kier molecular flexibility index (Phi) is 3.74. The number of nitro groups is 1. The van der Waals surface area contributed by atoms with Gasteiger partial charge in [-0.15, -0.1) is 0 Å². The molecule has 1 heterocycles. The monoisotopic (exact) mass is 222 g/mol. The molecule has 0 spiro atoms. The topological polar surface area (TPSA) is 112 Å². The van der Waals surface area contributed by atoms with Crippen molar-refractivity contribution in [3.05, 3.63) is 27.9 Å². The predicted molar refractivity (Wildman–Crippen MR) is 55.8 cm³/mol. The molecular formula is C9H10N4O3. The van der Waals surface area contributed by atoms with E-state index in [0.717, 1.165) is 0 Å². The van der Waals surface area contributed by atoms with Crippen molar-refractivity contribution in [3.8, 4) is 6.07 Å². The fraction of sp³-hybridized carbons (Fsp3) is 0.333. The number of aliphatic hydroxyl groups is 1. The molecule has 1 atom stereocenters. The van der Waals surface area contributed by atoms with Crippen molar-refractivity contribution in [2.75, 3.05) is 11.9 Å². The first-order valence-electron chi connectivity index (χ1n) is 4.51. The lowest BCUT2D eigenvalue weighted by Crippen LogP contribution is -2.20. The van der Waals surface area contributed by atoms with Crippen LogP contribution < -0.4 is 5.32 Å². The fourth-order valence-electron chi connectivity index (χ4n) is 1.06. The third-order valence-electron chi connectivity index (χ3n) is 1.84. The maximum absolute atomic E-state index is 10.5. The number of aliphatic hydroxyl groups excluding tert-OH is 1. The van der Waals surface area contributed by atoms with E-state index in [2.05, 4.69) is 10.3 Å². The summed E-state index contributed by atoms with van der Waals surface area (Å²) in [6.07, 6.45) is 0. The molecule has 0 saturated heterocycles. The number of hydrogen-bond acceptors (Lipinski definition) is 6. The summed E-state index contributed by atoms with van der Waals surface area (Å²) in [5, 5.41) is 30.8. The second kappa shape index (κ2) is 5.04. The van der Waals surface area contributed by atoms with Crippen LogP contribution in [0.3, 0.4) is 0 Å². The Bertz CT molecular complexity index is 441. The fourth-order valence-corrected chi connectivity index (χ4v) is 1.06. The Balaban J connectivity index is 3.01. The number of rotatable bonds is 4. The predicted octanol–water partition coefficient (Wildman–Crippen LogP) is 0.654. The SMILES string of the molecule is CC(CO)Nc1ccc([N+](=O)[O-])c(C#N)n1. The summed E-state index contributed by atoms with van der Waals surface area (Å²) in [5.41, 5.74) is -0.579. The maximum Gasteiger partial charge on any atom is 0.305 e. The van der Waals surface area contributed by atoms with Crippen molar-refractivity contribution in [1.29, 1.82) is 5.26 Å². The minimum Gasteiger partial charge on any atom is -0.394 e.